The molecular weight excluding hydrogens is 386 g/mol. The summed E-state index contributed by atoms with van der Waals surface area (Å²) in [6.07, 6.45) is 0. The Hall–Kier alpha value is -3.92. The average Bonchev–Trinajstić information content (AvgIpc) is 2.83. The normalized spacial score (nSPS) is 17.5. The quantitative estimate of drug-likeness (QED) is 0.258. The fraction of sp³-hybridized carbons (Fsp3) is 0.111. The fourth-order valence-corrected chi connectivity index (χ4v) is 5.37. The maximum Gasteiger partial charge on any atom is 0.280 e. The molecule has 150 valence electrons. The van der Waals surface area contributed by atoms with Gasteiger partial charge in [-0.1, -0.05) is 60.7 Å². The minimum absolute atomic E-state index is 0.0565. The molecule has 0 aromatic heterocycles. The first kappa shape index (κ1) is 17.9. The maximum absolute atomic E-state index is 11.8. The first-order valence-electron chi connectivity index (χ1n) is 10.3. The zero-order valence-corrected chi connectivity index (χ0v) is 16.9. The summed E-state index contributed by atoms with van der Waals surface area (Å²) in [5, 5.41) is 11.8. The van der Waals surface area contributed by atoms with Crippen molar-refractivity contribution in [2.24, 2.45) is 0 Å². The lowest BCUT2D eigenvalue weighted by Crippen LogP contribution is -2.27. The van der Waals surface area contributed by atoms with E-state index in [0.29, 0.717) is 11.3 Å². The molecule has 0 fully saturated rings. The van der Waals surface area contributed by atoms with E-state index in [9.17, 15) is 10.1 Å². The number of nitro benzene ring substituents is 1. The number of nitrogens with zero attached hydrogens (tertiary/aromatic N) is 1. The number of hydrogen-bond acceptors (Lipinski definition) is 3. The first-order valence-corrected chi connectivity index (χ1v) is 10.3. The minimum atomic E-state index is -0.339. The van der Waals surface area contributed by atoms with Crippen molar-refractivity contribution in [1.82, 2.24) is 0 Å². The van der Waals surface area contributed by atoms with Crippen molar-refractivity contribution in [3.8, 4) is 16.9 Å². The SMILES string of the molecule is COc1ccc(-c2ccc3c(c2)C2c4ccccc4C3c3ccccc32)c([N+](=O)[O-])c1. The second-order valence-electron chi connectivity index (χ2n) is 8.11. The molecule has 4 aromatic rings. The van der Waals surface area contributed by atoms with Crippen LogP contribution in [-0.2, 0) is 0 Å². The molecule has 3 aliphatic carbocycles. The van der Waals surface area contributed by atoms with Crippen LogP contribution in [0.1, 0.15) is 45.2 Å². The van der Waals surface area contributed by atoms with Crippen molar-refractivity contribution in [2.75, 3.05) is 7.11 Å². The third kappa shape index (κ3) is 2.48. The molecule has 0 saturated heterocycles. The highest BCUT2D eigenvalue weighted by Crippen LogP contribution is 2.56. The molecule has 31 heavy (non-hydrogen) atoms. The van der Waals surface area contributed by atoms with E-state index in [1.165, 1.54) is 46.6 Å². The second-order valence-corrected chi connectivity index (χ2v) is 8.11. The Balaban J connectivity index is 1.58. The van der Waals surface area contributed by atoms with Crippen LogP contribution in [0.4, 0.5) is 5.69 Å². The lowest BCUT2D eigenvalue weighted by molar-refractivity contribution is -0.384. The van der Waals surface area contributed by atoms with Crippen LogP contribution in [-0.4, -0.2) is 12.0 Å². The molecule has 4 nitrogen and oxygen atoms in total. The highest BCUT2D eigenvalue weighted by Gasteiger charge is 2.41. The highest BCUT2D eigenvalue weighted by atomic mass is 16.6. The molecule has 0 atom stereocenters. The molecule has 0 heterocycles. The molecule has 0 aliphatic heterocycles. The summed E-state index contributed by atoms with van der Waals surface area (Å²) in [5.74, 6) is 0.826. The van der Waals surface area contributed by atoms with E-state index in [2.05, 4.69) is 60.7 Å². The maximum atomic E-state index is 11.8. The topological polar surface area (TPSA) is 52.4 Å². The Morgan fingerprint density at radius 2 is 1.26 bits per heavy atom. The van der Waals surface area contributed by atoms with Crippen molar-refractivity contribution in [2.45, 2.75) is 11.8 Å². The molecule has 0 saturated carbocycles. The van der Waals surface area contributed by atoms with E-state index in [1.807, 2.05) is 6.07 Å². The van der Waals surface area contributed by atoms with E-state index >= 15 is 0 Å². The van der Waals surface area contributed by atoms with Gasteiger partial charge >= 0.3 is 0 Å². The van der Waals surface area contributed by atoms with Gasteiger partial charge in [0.15, 0.2) is 0 Å². The number of hydrogen-bond donors (Lipinski definition) is 0. The molecule has 0 unspecified atom stereocenters. The summed E-state index contributed by atoms with van der Waals surface area (Å²) in [6.45, 7) is 0. The average molecular weight is 405 g/mol. The van der Waals surface area contributed by atoms with Crippen LogP contribution in [0.3, 0.4) is 0 Å². The number of rotatable bonds is 3. The molecule has 0 amide bonds. The first-order chi connectivity index (χ1) is 15.2. The molecule has 0 N–H and O–H groups in total. The van der Waals surface area contributed by atoms with Crippen LogP contribution in [0.5, 0.6) is 5.75 Å². The highest BCUT2D eigenvalue weighted by molar-refractivity contribution is 5.78. The third-order valence-electron chi connectivity index (χ3n) is 6.66. The summed E-state index contributed by atoms with van der Waals surface area (Å²) in [5.41, 5.74) is 9.45. The van der Waals surface area contributed by atoms with E-state index in [1.54, 1.807) is 12.1 Å². The molecule has 2 bridgehead atoms. The van der Waals surface area contributed by atoms with Gasteiger partial charge in [0.05, 0.1) is 23.7 Å². The van der Waals surface area contributed by atoms with Gasteiger partial charge in [-0.25, -0.2) is 0 Å². The predicted molar refractivity (Wildman–Crippen MR) is 120 cm³/mol. The van der Waals surface area contributed by atoms with Gasteiger partial charge in [0, 0.05) is 11.8 Å². The third-order valence-corrected chi connectivity index (χ3v) is 6.66. The summed E-state index contributed by atoms with van der Waals surface area (Å²) in [7, 11) is 1.52. The smallest absolute Gasteiger partial charge is 0.280 e. The van der Waals surface area contributed by atoms with E-state index in [4.69, 9.17) is 4.74 Å². The predicted octanol–water partition coefficient (Wildman–Crippen LogP) is 6.26. The van der Waals surface area contributed by atoms with Gasteiger partial charge < -0.3 is 4.74 Å². The Morgan fingerprint density at radius 3 is 1.81 bits per heavy atom. The summed E-state index contributed by atoms with van der Waals surface area (Å²) in [6, 6.07) is 28.7. The van der Waals surface area contributed by atoms with Gasteiger partial charge in [0.2, 0.25) is 0 Å². The van der Waals surface area contributed by atoms with E-state index in [-0.39, 0.29) is 22.4 Å². The minimum Gasteiger partial charge on any atom is -0.497 e. The summed E-state index contributed by atoms with van der Waals surface area (Å²) >= 11 is 0. The van der Waals surface area contributed by atoms with Crippen LogP contribution in [0, 0.1) is 10.1 Å². The van der Waals surface area contributed by atoms with Gasteiger partial charge in [-0.15, -0.1) is 0 Å². The Bertz CT molecular complexity index is 1330. The van der Waals surface area contributed by atoms with Crippen molar-refractivity contribution >= 4 is 5.69 Å². The van der Waals surface area contributed by atoms with Gasteiger partial charge in [-0.05, 0) is 57.1 Å². The van der Waals surface area contributed by atoms with Gasteiger partial charge in [0.25, 0.3) is 5.69 Å². The van der Waals surface area contributed by atoms with Crippen molar-refractivity contribution < 1.29 is 9.66 Å². The molecular formula is C27H19NO3. The van der Waals surface area contributed by atoms with Crippen LogP contribution >= 0.6 is 0 Å². The zero-order chi connectivity index (χ0) is 21.1. The monoisotopic (exact) mass is 405 g/mol. The molecule has 3 aliphatic rings. The van der Waals surface area contributed by atoms with Gasteiger partial charge in [-0.2, -0.15) is 0 Å². The number of benzene rings is 4. The standard InChI is InChI=1S/C27H19NO3/c1-31-17-11-13-18(25(15-17)28(29)30)16-10-12-23-24(14-16)27-21-8-4-2-6-19(21)26(23)20-7-3-5-9-22(20)27/h2-15,26-27H,1H3. The van der Waals surface area contributed by atoms with Crippen molar-refractivity contribution in [3.63, 3.8) is 0 Å². The lowest BCUT2D eigenvalue weighted by Gasteiger charge is -2.42. The number of methoxy groups -OCH3 is 1. The van der Waals surface area contributed by atoms with Crippen LogP contribution in [0.15, 0.2) is 84.9 Å². The fourth-order valence-electron chi connectivity index (χ4n) is 5.37. The van der Waals surface area contributed by atoms with Crippen LogP contribution in [0.2, 0.25) is 0 Å². The summed E-state index contributed by atoms with van der Waals surface area (Å²) < 4.78 is 5.20. The molecule has 4 aromatic carbocycles. The molecule has 7 rings (SSSR count). The van der Waals surface area contributed by atoms with Gasteiger partial charge in [-0.3, -0.25) is 10.1 Å². The van der Waals surface area contributed by atoms with Crippen molar-refractivity contribution in [1.29, 1.82) is 0 Å². The lowest BCUT2D eigenvalue weighted by atomic mass is 9.61. The number of nitro groups is 1. The molecule has 0 spiro atoms. The molecule has 0 radical (unpaired) electrons. The van der Waals surface area contributed by atoms with E-state index < -0.39 is 0 Å². The second kappa shape index (κ2) is 6.54. The van der Waals surface area contributed by atoms with E-state index in [0.717, 1.165) is 5.56 Å². The van der Waals surface area contributed by atoms with Crippen molar-refractivity contribution in [3.05, 3.63) is 128 Å². The zero-order valence-electron chi connectivity index (χ0n) is 16.9. The Morgan fingerprint density at radius 1 is 0.710 bits per heavy atom. The summed E-state index contributed by atoms with van der Waals surface area (Å²) in [4.78, 5) is 11.4. The number of ether oxygens (including phenoxy) is 1. The Kier molecular flexibility index (Phi) is 3.78. The largest absolute Gasteiger partial charge is 0.497 e. The van der Waals surface area contributed by atoms with Crippen LogP contribution in [0.25, 0.3) is 11.1 Å². The van der Waals surface area contributed by atoms with Gasteiger partial charge in [0.1, 0.15) is 5.75 Å². The van der Waals surface area contributed by atoms with Crippen LogP contribution < -0.4 is 4.74 Å². The Labute approximate surface area is 179 Å². The molecule has 4 heteroatoms.